The molecule has 19 heavy (non-hydrogen) atoms. The van der Waals surface area contributed by atoms with Crippen LogP contribution in [0, 0.1) is 5.92 Å². The van der Waals surface area contributed by atoms with Crippen LogP contribution in [0.4, 0.5) is 0 Å². The number of hydrogen-bond donors (Lipinski definition) is 1. The molecule has 1 N–H and O–H groups in total. The summed E-state index contributed by atoms with van der Waals surface area (Å²) >= 11 is 6.06. The smallest absolute Gasteiger partial charge is 0.253 e. The fourth-order valence-corrected chi connectivity index (χ4v) is 2.07. The maximum Gasteiger partial charge on any atom is 0.253 e. The van der Waals surface area contributed by atoms with Gasteiger partial charge in [0.15, 0.2) is 0 Å². The summed E-state index contributed by atoms with van der Waals surface area (Å²) in [4.78, 5) is 16.1. The van der Waals surface area contributed by atoms with Gasteiger partial charge in [-0.15, -0.1) is 0 Å². The standard InChI is InChI=1S/C14H19ClN2O2/c1-8(2)19-14-12(15)6-11(7-16-14)13(18)17-9(3)10-4-5-10/h6-10H,4-5H2,1-3H3,(H,17,18)/t9-/m0/s1. The summed E-state index contributed by atoms with van der Waals surface area (Å²) in [6.45, 7) is 5.83. The highest BCUT2D eigenvalue weighted by atomic mass is 35.5. The molecule has 1 fully saturated rings. The highest BCUT2D eigenvalue weighted by molar-refractivity contribution is 6.32. The van der Waals surface area contributed by atoms with Gasteiger partial charge in [-0.05, 0) is 45.6 Å². The van der Waals surface area contributed by atoms with Gasteiger partial charge in [0, 0.05) is 12.2 Å². The minimum atomic E-state index is -0.134. The van der Waals surface area contributed by atoms with Crippen molar-refractivity contribution in [2.75, 3.05) is 0 Å². The summed E-state index contributed by atoms with van der Waals surface area (Å²) in [5, 5.41) is 3.33. The Morgan fingerprint density at radius 2 is 2.16 bits per heavy atom. The third-order valence-corrected chi connectivity index (χ3v) is 3.38. The second-order valence-electron chi connectivity index (χ2n) is 5.28. The third-order valence-electron chi connectivity index (χ3n) is 3.10. The van der Waals surface area contributed by atoms with Gasteiger partial charge in [-0.2, -0.15) is 0 Å². The zero-order valence-corrected chi connectivity index (χ0v) is 12.2. The molecule has 0 spiro atoms. The zero-order chi connectivity index (χ0) is 14.0. The van der Waals surface area contributed by atoms with Crippen molar-refractivity contribution >= 4 is 17.5 Å². The number of aromatic nitrogens is 1. The minimum Gasteiger partial charge on any atom is -0.474 e. The van der Waals surface area contributed by atoms with Gasteiger partial charge in [-0.25, -0.2) is 4.98 Å². The van der Waals surface area contributed by atoms with Crippen LogP contribution in [0.1, 0.15) is 44.0 Å². The monoisotopic (exact) mass is 282 g/mol. The molecule has 5 heteroatoms. The molecule has 1 aromatic heterocycles. The molecule has 0 saturated heterocycles. The van der Waals surface area contributed by atoms with Gasteiger partial charge in [0.05, 0.1) is 11.7 Å². The highest BCUT2D eigenvalue weighted by Crippen LogP contribution is 2.32. The van der Waals surface area contributed by atoms with Gasteiger partial charge in [0.25, 0.3) is 5.91 Å². The van der Waals surface area contributed by atoms with Crippen LogP contribution in [0.25, 0.3) is 0 Å². The molecule has 0 aromatic carbocycles. The lowest BCUT2D eigenvalue weighted by atomic mass is 10.2. The number of ether oxygens (including phenoxy) is 1. The molecule has 104 valence electrons. The second-order valence-corrected chi connectivity index (χ2v) is 5.68. The molecule has 1 aliphatic carbocycles. The van der Waals surface area contributed by atoms with Crippen LogP contribution in [0.15, 0.2) is 12.3 Å². The van der Waals surface area contributed by atoms with Crippen molar-refractivity contribution < 1.29 is 9.53 Å². The van der Waals surface area contributed by atoms with E-state index in [1.54, 1.807) is 6.07 Å². The van der Waals surface area contributed by atoms with E-state index in [4.69, 9.17) is 16.3 Å². The van der Waals surface area contributed by atoms with E-state index in [9.17, 15) is 4.79 Å². The van der Waals surface area contributed by atoms with Gasteiger partial charge in [0.1, 0.15) is 5.02 Å². The van der Waals surface area contributed by atoms with Crippen LogP contribution in [0.2, 0.25) is 5.02 Å². The van der Waals surface area contributed by atoms with E-state index >= 15 is 0 Å². The van der Waals surface area contributed by atoms with E-state index in [1.807, 2.05) is 20.8 Å². The van der Waals surface area contributed by atoms with Gasteiger partial charge >= 0.3 is 0 Å². The molecular weight excluding hydrogens is 264 g/mol. The Labute approximate surface area is 118 Å². The van der Waals surface area contributed by atoms with Crippen molar-refractivity contribution in [1.82, 2.24) is 10.3 Å². The molecule has 1 saturated carbocycles. The fraction of sp³-hybridized carbons (Fsp3) is 0.571. The van der Waals surface area contributed by atoms with Gasteiger partial charge < -0.3 is 10.1 Å². The van der Waals surface area contributed by atoms with Crippen molar-refractivity contribution in [2.45, 2.75) is 45.8 Å². The molecular formula is C14H19ClN2O2. The molecule has 2 rings (SSSR count). The van der Waals surface area contributed by atoms with Crippen LogP contribution < -0.4 is 10.1 Å². The van der Waals surface area contributed by atoms with E-state index in [0.717, 1.165) is 0 Å². The molecule has 1 aliphatic rings. The Kier molecular flexibility index (Phi) is 4.30. The number of nitrogens with zero attached hydrogens (tertiary/aromatic N) is 1. The lowest BCUT2D eigenvalue weighted by Gasteiger charge is -2.14. The maximum atomic E-state index is 12.0. The van der Waals surface area contributed by atoms with Crippen molar-refractivity contribution in [1.29, 1.82) is 0 Å². The van der Waals surface area contributed by atoms with E-state index in [0.29, 0.717) is 22.4 Å². The Balaban J connectivity index is 2.03. The van der Waals surface area contributed by atoms with Crippen LogP contribution in [0.3, 0.4) is 0 Å². The maximum absolute atomic E-state index is 12.0. The Morgan fingerprint density at radius 1 is 1.47 bits per heavy atom. The van der Waals surface area contributed by atoms with Crippen LogP contribution in [-0.2, 0) is 0 Å². The average Bonchev–Trinajstić information content (AvgIpc) is 3.15. The van der Waals surface area contributed by atoms with E-state index in [1.165, 1.54) is 19.0 Å². The summed E-state index contributed by atoms with van der Waals surface area (Å²) in [7, 11) is 0. The molecule has 1 heterocycles. The summed E-state index contributed by atoms with van der Waals surface area (Å²) in [5.74, 6) is 0.851. The largest absolute Gasteiger partial charge is 0.474 e. The predicted octanol–water partition coefficient (Wildman–Crippen LogP) is 3.05. The number of nitrogens with one attached hydrogen (secondary N) is 1. The summed E-state index contributed by atoms with van der Waals surface area (Å²) < 4.78 is 5.43. The quantitative estimate of drug-likeness (QED) is 0.903. The SMILES string of the molecule is CC(C)Oc1ncc(C(=O)N[C@@H](C)C2CC2)cc1Cl. The second kappa shape index (κ2) is 5.78. The van der Waals surface area contributed by atoms with Crippen molar-refractivity contribution in [3.8, 4) is 5.88 Å². The van der Waals surface area contributed by atoms with E-state index in [2.05, 4.69) is 10.3 Å². The Morgan fingerprint density at radius 3 is 2.68 bits per heavy atom. The van der Waals surface area contributed by atoms with E-state index in [-0.39, 0.29) is 18.1 Å². The first-order valence-corrected chi connectivity index (χ1v) is 6.98. The summed E-state index contributed by atoms with van der Waals surface area (Å²) in [5.41, 5.74) is 0.466. The van der Waals surface area contributed by atoms with Gasteiger partial charge in [-0.3, -0.25) is 4.79 Å². The molecule has 0 unspecified atom stereocenters. The van der Waals surface area contributed by atoms with Crippen LogP contribution >= 0.6 is 11.6 Å². The first kappa shape index (κ1) is 14.1. The summed E-state index contributed by atoms with van der Waals surface area (Å²) in [6.07, 6.45) is 3.89. The van der Waals surface area contributed by atoms with Crippen molar-refractivity contribution in [3.63, 3.8) is 0 Å². The molecule has 4 nitrogen and oxygen atoms in total. The van der Waals surface area contributed by atoms with Crippen LogP contribution in [-0.4, -0.2) is 23.0 Å². The highest BCUT2D eigenvalue weighted by Gasteiger charge is 2.29. The first-order valence-electron chi connectivity index (χ1n) is 6.60. The number of hydrogen-bond acceptors (Lipinski definition) is 3. The number of amides is 1. The average molecular weight is 283 g/mol. The Bertz CT molecular complexity index is 473. The topological polar surface area (TPSA) is 51.2 Å². The lowest BCUT2D eigenvalue weighted by molar-refractivity contribution is 0.0935. The number of pyridine rings is 1. The number of carbonyl (C=O) groups is 1. The van der Waals surface area contributed by atoms with E-state index < -0.39 is 0 Å². The minimum absolute atomic E-state index is 0.000402. The molecule has 1 aromatic rings. The number of rotatable bonds is 5. The van der Waals surface area contributed by atoms with Crippen LogP contribution in [0.5, 0.6) is 5.88 Å². The van der Waals surface area contributed by atoms with Gasteiger partial charge in [0.2, 0.25) is 5.88 Å². The Hall–Kier alpha value is -1.29. The van der Waals surface area contributed by atoms with Crippen molar-refractivity contribution in [2.24, 2.45) is 5.92 Å². The number of halogens is 1. The molecule has 0 bridgehead atoms. The first-order chi connectivity index (χ1) is 8.97. The fourth-order valence-electron chi connectivity index (χ4n) is 1.86. The normalized spacial score (nSPS) is 16.3. The molecule has 0 radical (unpaired) electrons. The zero-order valence-electron chi connectivity index (χ0n) is 11.4. The number of carbonyl (C=O) groups excluding carboxylic acids is 1. The molecule has 1 amide bonds. The molecule has 0 aliphatic heterocycles. The van der Waals surface area contributed by atoms with Gasteiger partial charge in [-0.1, -0.05) is 11.6 Å². The summed E-state index contributed by atoms with van der Waals surface area (Å²) in [6, 6.07) is 1.80. The third kappa shape index (κ3) is 3.83. The predicted molar refractivity (Wildman–Crippen MR) is 74.7 cm³/mol. The lowest BCUT2D eigenvalue weighted by Crippen LogP contribution is -2.34. The molecule has 1 atom stereocenters. The van der Waals surface area contributed by atoms with Crippen molar-refractivity contribution in [3.05, 3.63) is 22.8 Å².